The Labute approximate surface area is 156 Å². The van der Waals surface area contributed by atoms with Crippen molar-refractivity contribution < 1.29 is 18.4 Å². The number of likely N-dealkylation sites (N-methyl/N-ethyl adjacent to an activating group) is 1. The summed E-state index contributed by atoms with van der Waals surface area (Å²) in [7, 11) is 4.93. The van der Waals surface area contributed by atoms with Crippen molar-refractivity contribution >= 4 is 5.88 Å². The fourth-order valence-electron chi connectivity index (χ4n) is 2.55. The third-order valence-electron chi connectivity index (χ3n) is 3.93. The average Bonchev–Trinajstić information content (AvgIpc) is 3.31. The van der Waals surface area contributed by atoms with E-state index in [2.05, 4.69) is 21.2 Å². The van der Waals surface area contributed by atoms with Gasteiger partial charge in [0, 0.05) is 32.5 Å². The third kappa shape index (κ3) is 3.84. The molecule has 3 rings (SSSR count). The van der Waals surface area contributed by atoms with E-state index >= 15 is 0 Å². The first-order valence-corrected chi connectivity index (χ1v) is 8.19. The smallest absolute Gasteiger partial charge is 0.234 e. The van der Waals surface area contributed by atoms with Crippen molar-refractivity contribution in [2.45, 2.75) is 13.3 Å². The number of rotatable bonds is 7. The molecule has 27 heavy (non-hydrogen) atoms. The summed E-state index contributed by atoms with van der Waals surface area (Å²) in [6.07, 6.45) is 0.547. The zero-order valence-corrected chi connectivity index (χ0v) is 15.5. The highest BCUT2D eigenvalue weighted by molar-refractivity contribution is 5.63. The number of aryl methyl sites for hydroxylation is 1. The summed E-state index contributed by atoms with van der Waals surface area (Å²) in [5, 5.41) is 13.3. The molecule has 2 heterocycles. The van der Waals surface area contributed by atoms with Crippen molar-refractivity contribution in [2.24, 2.45) is 0 Å². The van der Waals surface area contributed by atoms with Crippen LogP contribution < -0.4 is 14.4 Å². The molecule has 140 valence electrons. The van der Waals surface area contributed by atoms with Gasteiger partial charge in [0.2, 0.25) is 23.4 Å². The van der Waals surface area contributed by atoms with Gasteiger partial charge in [-0.3, -0.25) is 0 Å². The normalized spacial score (nSPS) is 10.5. The van der Waals surface area contributed by atoms with Crippen molar-refractivity contribution in [1.29, 1.82) is 5.26 Å². The van der Waals surface area contributed by atoms with Gasteiger partial charge in [0.25, 0.3) is 0 Å². The molecule has 9 heteroatoms. The Morgan fingerprint density at radius 3 is 2.59 bits per heavy atom. The minimum Gasteiger partial charge on any atom is -0.493 e. The first-order chi connectivity index (χ1) is 13.0. The van der Waals surface area contributed by atoms with E-state index in [9.17, 15) is 5.26 Å². The SMILES string of the molecule is COc1ccc(-c2nc(C#N)c(N(C)CCc3noc(C)n3)o2)cc1OC. The average molecular weight is 369 g/mol. The Bertz CT molecular complexity index is 973. The predicted molar refractivity (Wildman–Crippen MR) is 95.8 cm³/mol. The second kappa shape index (κ2) is 7.78. The number of nitrogens with zero attached hydrogens (tertiary/aromatic N) is 5. The van der Waals surface area contributed by atoms with E-state index in [1.54, 1.807) is 44.2 Å². The van der Waals surface area contributed by atoms with E-state index in [4.69, 9.17) is 18.4 Å². The van der Waals surface area contributed by atoms with Gasteiger partial charge < -0.3 is 23.3 Å². The van der Waals surface area contributed by atoms with Gasteiger partial charge in [-0.15, -0.1) is 0 Å². The lowest BCUT2D eigenvalue weighted by molar-refractivity contribution is 0.355. The molecule has 0 aliphatic carbocycles. The molecular weight excluding hydrogens is 350 g/mol. The van der Waals surface area contributed by atoms with Crippen LogP contribution in [0.3, 0.4) is 0 Å². The van der Waals surface area contributed by atoms with Gasteiger partial charge in [-0.05, 0) is 18.2 Å². The predicted octanol–water partition coefficient (Wildman–Crippen LogP) is 2.60. The van der Waals surface area contributed by atoms with E-state index in [-0.39, 0.29) is 5.69 Å². The van der Waals surface area contributed by atoms with Gasteiger partial charge in [-0.1, -0.05) is 5.16 Å². The molecule has 0 saturated carbocycles. The highest BCUT2D eigenvalue weighted by Gasteiger charge is 2.19. The summed E-state index contributed by atoms with van der Waals surface area (Å²) < 4.78 is 21.4. The second-order valence-corrected chi connectivity index (χ2v) is 5.76. The van der Waals surface area contributed by atoms with Gasteiger partial charge >= 0.3 is 0 Å². The molecule has 0 N–H and O–H groups in total. The molecule has 1 aromatic carbocycles. The number of ether oxygens (including phenoxy) is 2. The molecule has 0 atom stereocenters. The van der Waals surface area contributed by atoms with E-state index < -0.39 is 0 Å². The summed E-state index contributed by atoms with van der Waals surface area (Å²) >= 11 is 0. The van der Waals surface area contributed by atoms with Crippen molar-refractivity contribution in [3.63, 3.8) is 0 Å². The lowest BCUT2D eigenvalue weighted by atomic mass is 10.2. The van der Waals surface area contributed by atoms with Crippen molar-refractivity contribution in [3.05, 3.63) is 35.6 Å². The number of anilines is 1. The topological polar surface area (TPSA) is 110 Å². The minimum atomic E-state index is 0.201. The van der Waals surface area contributed by atoms with Crippen LogP contribution in [0, 0.1) is 18.3 Å². The fourth-order valence-corrected chi connectivity index (χ4v) is 2.55. The van der Waals surface area contributed by atoms with Crippen LogP contribution >= 0.6 is 0 Å². The van der Waals surface area contributed by atoms with E-state index in [0.29, 0.717) is 53.5 Å². The summed E-state index contributed by atoms with van der Waals surface area (Å²) in [6, 6.07) is 7.36. The molecule has 0 radical (unpaired) electrons. The van der Waals surface area contributed by atoms with Crippen LogP contribution in [-0.2, 0) is 6.42 Å². The molecule has 0 saturated heterocycles. The minimum absolute atomic E-state index is 0.201. The van der Waals surface area contributed by atoms with Crippen LogP contribution in [-0.4, -0.2) is 42.9 Å². The molecule has 3 aromatic rings. The summed E-state index contributed by atoms with van der Waals surface area (Å²) in [5.74, 6) is 2.96. The maximum atomic E-state index is 9.42. The van der Waals surface area contributed by atoms with E-state index in [1.165, 1.54) is 0 Å². The summed E-state index contributed by atoms with van der Waals surface area (Å²) in [5.41, 5.74) is 0.879. The Balaban J connectivity index is 1.83. The second-order valence-electron chi connectivity index (χ2n) is 5.76. The van der Waals surface area contributed by atoms with Crippen LogP contribution in [0.15, 0.2) is 27.1 Å². The van der Waals surface area contributed by atoms with Crippen LogP contribution in [0.2, 0.25) is 0 Å². The van der Waals surface area contributed by atoms with E-state index in [0.717, 1.165) is 0 Å². The van der Waals surface area contributed by atoms with Gasteiger partial charge in [-0.25, -0.2) is 0 Å². The number of hydrogen-bond acceptors (Lipinski definition) is 9. The molecule has 0 amide bonds. The number of nitriles is 1. The number of oxazole rings is 1. The molecule has 0 fully saturated rings. The van der Waals surface area contributed by atoms with Crippen molar-refractivity contribution in [1.82, 2.24) is 15.1 Å². The number of aromatic nitrogens is 3. The van der Waals surface area contributed by atoms with Crippen LogP contribution in [0.5, 0.6) is 11.5 Å². The quantitative estimate of drug-likeness (QED) is 0.620. The van der Waals surface area contributed by atoms with Crippen LogP contribution in [0.1, 0.15) is 17.4 Å². The zero-order valence-electron chi connectivity index (χ0n) is 15.5. The lowest BCUT2D eigenvalue weighted by Gasteiger charge is -2.14. The highest BCUT2D eigenvalue weighted by Crippen LogP contribution is 2.34. The monoisotopic (exact) mass is 369 g/mol. The van der Waals surface area contributed by atoms with Gasteiger partial charge in [0.05, 0.1) is 14.2 Å². The first-order valence-electron chi connectivity index (χ1n) is 8.19. The summed E-state index contributed by atoms with van der Waals surface area (Å²) in [6.45, 7) is 2.27. The maximum absolute atomic E-state index is 9.42. The lowest BCUT2D eigenvalue weighted by Crippen LogP contribution is -2.21. The Hall–Kier alpha value is -3.54. The van der Waals surface area contributed by atoms with Crippen molar-refractivity contribution in [2.75, 3.05) is 32.7 Å². The largest absolute Gasteiger partial charge is 0.493 e. The highest BCUT2D eigenvalue weighted by atomic mass is 16.5. The first kappa shape index (κ1) is 18.3. The molecule has 2 aromatic heterocycles. The molecule has 0 aliphatic heterocycles. The van der Waals surface area contributed by atoms with Crippen molar-refractivity contribution in [3.8, 4) is 29.0 Å². The van der Waals surface area contributed by atoms with Gasteiger partial charge in [-0.2, -0.15) is 15.2 Å². The molecule has 0 aliphatic rings. The third-order valence-corrected chi connectivity index (χ3v) is 3.93. The Morgan fingerprint density at radius 1 is 1.19 bits per heavy atom. The van der Waals surface area contributed by atoms with Crippen LogP contribution in [0.25, 0.3) is 11.5 Å². The number of benzene rings is 1. The molecule has 0 bridgehead atoms. The van der Waals surface area contributed by atoms with Gasteiger partial charge in [0.1, 0.15) is 6.07 Å². The standard InChI is InChI=1S/C18H19N5O4/c1-11-20-16(22-27-11)7-8-23(2)18-13(10-19)21-17(26-18)12-5-6-14(24-3)15(9-12)25-4/h5-6,9H,7-8H2,1-4H3. The molecule has 0 spiro atoms. The Kier molecular flexibility index (Phi) is 5.26. The van der Waals surface area contributed by atoms with Gasteiger partial charge in [0.15, 0.2) is 17.3 Å². The maximum Gasteiger partial charge on any atom is 0.234 e. The number of hydrogen-bond donors (Lipinski definition) is 0. The molecular formula is C18H19N5O4. The zero-order chi connectivity index (χ0) is 19.4. The Morgan fingerprint density at radius 2 is 1.96 bits per heavy atom. The fraction of sp³-hybridized carbons (Fsp3) is 0.333. The van der Waals surface area contributed by atoms with E-state index in [1.807, 2.05) is 7.05 Å². The summed E-state index contributed by atoms with van der Waals surface area (Å²) in [4.78, 5) is 10.3. The van der Waals surface area contributed by atoms with Crippen LogP contribution in [0.4, 0.5) is 5.88 Å². The molecule has 9 nitrogen and oxygen atoms in total. The molecule has 0 unspecified atom stereocenters. The number of methoxy groups -OCH3 is 2.